The highest BCUT2D eigenvalue weighted by Crippen LogP contribution is 2.21. The van der Waals surface area contributed by atoms with Gasteiger partial charge in [-0.25, -0.2) is 13.1 Å². The molecule has 0 radical (unpaired) electrons. The van der Waals surface area contributed by atoms with Gasteiger partial charge in [-0.15, -0.1) is 0 Å². The number of hydrogen-bond acceptors (Lipinski definition) is 5. The number of amides is 1. The second kappa shape index (κ2) is 10.1. The summed E-state index contributed by atoms with van der Waals surface area (Å²) in [5.74, 6) is -0.0563. The Morgan fingerprint density at radius 3 is 2.65 bits per heavy atom. The Hall–Kier alpha value is -2.73. The molecular weight excluding hydrogens is 412 g/mol. The van der Waals surface area contributed by atoms with Crippen molar-refractivity contribution in [3.63, 3.8) is 0 Å². The van der Waals surface area contributed by atoms with E-state index in [1.165, 1.54) is 0 Å². The minimum Gasteiger partial charge on any atom is -0.324 e. The van der Waals surface area contributed by atoms with Crippen LogP contribution in [0.5, 0.6) is 0 Å². The molecule has 1 heterocycles. The quantitative estimate of drug-likeness (QED) is 0.689. The number of aryl methyl sites for hydroxylation is 1. The van der Waals surface area contributed by atoms with E-state index in [-0.39, 0.29) is 22.8 Å². The zero-order valence-electron chi connectivity index (χ0n) is 17.8. The summed E-state index contributed by atoms with van der Waals surface area (Å²) in [6.45, 7) is 5.48. The number of nitriles is 1. The Kier molecular flexibility index (Phi) is 7.44. The van der Waals surface area contributed by atoms with Gasteiger partial charge in [0, 0.05) is 13.1 Å². The van der Waals surface area contributed by atoms with Crippen molar-refractivity contribution in [1.82, 2.24) is 9.62 Å². The summed E-state index contributed by atoms with van der Waals surface area (Å²) in [5.41, 5.74) is 1.93. The van der Waals surface area contributed by atoms with Crippen molar-refractivity contribution in [3.8, 4) is 6.07 Å². The fraction of sp³-hybridized carbons (Fsp3) is 0.391. The van der Waals surface area contributed by atoms with Crippen LogP contribution in [0, 0.1) is 24.2 Å². The van der Waals surface area contributed by atoms with Crippen molar-refractivity contribution in [3.05, 3.63) is 59.7 Å². The first-order chi connectivity index (χ1) is 14.8. The molecule has 8 heteroatoms. The van der Waals surface area contributed by atoms with Crippen LogP contribution >= 0.6 is 0 Å². The van der Waals surface area contributed by atoms with Gasteiger partial charge in [-0.1, -0.05) is 29.8 Å². The van der Waals surface area contributed by atoms with Gasteiger partial charge in [-0.3, -0.25) is 9.69 Å². The largest absolute Gasteiger partial charge is 0.324 e. The highest BCUT2D eigenvalue weighted by Gasteiger charge is 2.28. The third kappa shape index (κ3) is 5.91. The smallest absolute Gasteiger partial charge is 0.241 e. The summed E-state index contributed by atoms with van der Waals surface area (Å²) in [4.78, 5) is 15.1. The first-order valence-electron chi connectivity index (χ1n) is 10.4. The standard InChI is InChI=1S/C23H28N4O3S/c1-17-9-11-21(12-10-17)31(29,30)25-15-19-6-5-13-27(16-19)18(2)23(28)26-22-8-4-3-7-20(22)14-24/h3-4,7-12,18-19,25H,5-6,13,15-16H2,1-2H3,(H,26,28). The molecule has 0 bridgehead atoms. The molecule has 164 valence electrons. The van der Waals surface area contributed by atoms with E-state index in [0.717, 1.165) is 24.9 Å². The summed E-state index contributed by atoms with van der Waals surface area (Å²) in [6.07, 6.45) is 1.79. The van der Waals surface area contributed by atoms with Crippen molar-refractivity contribution < 1.29 is 13.2 Å². The van der Waals surface area contributed by atoms with Crippen molar-refractivity contribution in [2.24, 2.45) is 5.92 Å². The van der Waals surface area contributed by atoms with Gasteiger partial charge in [-0.05, 0) is 63.4 Å². The molecule has 0 saturated carbocycles. The van der Waals surface area contributed by atoms with Crippen LogP contribution in [-0.4, -0.2) is 44.9 Å². The molecule has 1 saturated heterocycles. The molecule has 31 heavy (non-hydrogen) atoms. The Morgan fingerprint density at radius 1 is 1.23 bits per heavy atom. The van der Waals surface area contributed by atoms with E-state index in [9.17, 15) is 18.5 Å². The van der Waals surface area contributed by atoms with Crippen molar-refractivity contribution in [2.45, 2.75) is 37.6 Å². The molecule has 1 amide bonds. The molecular formula is C23H28N4O3S. The number of likely N-dealkylation sites (tertiary alicyclic amines) is 1. The first-order valence-corrected chi connectivity index (χ1v) is 11.9. The average molecular weight is 441 g/mol. The highest BCUT2D eigenvalue weighted by molar-refractivity contribution is 7.89. The molecule has 1 aliphatic heterocycles. The fourth-order valence-electron chi connectivity index (χ4n) is 3.74. The van der Waals surface area contributed by atoms with E-state index in [1.807, 2.05) is 13.8 Å². The van der Waals surface area contributed by atoms with E-state index in [2.05, 4.69) is 21.0 Å². The van der Waals surface area contributed by atoms with Crippen molar-refractivity contribution in [2.75, 3.05) is 25.0 Å². The number of para-hydroxylation sites is 1. The molecule has 0 spiro atoms. The maximum absolute atomic E-state index is 12.7. The van der Waals surface area contributed by atoms with Gasteiger partial charge in [0.1, 0.15) is 6.07 Å². The van der Waals surface area contributed by atoms with Gasteiger partial charge >= 0.3 is 0 Å². The molecule has 3 rings (SSSR count). The fourth-order valence-corrected chi connectivity index (χ4v) is 4.85. The van der Waals surface area contributed by atoms with Crippen LogP contribution < -0.4 is 10.0 Å². The van der Waals surface area contributed by atoms with E-state index in [4.69, 9.17) is 0 Å². The lowest BCUT2D eigenvalue weighted by Crippen LogP contribution is -2.49. The molecule has 2 aromatic carbocycles. The molecule has 2 atom stereocenters. The van der Waals surface area contributed by atoms with E-state index >= 15 is 0 Å². The lowest BCUT2D eigenvalue weighted by Gasteiger charge is -2.36. The number of piperidine rings is 1. The zero-order chi connectivity index (χ0) is 22.4. The predicted octanol–water partition coefficient (Wildman–Crippen LogP) is 2.88. The summed E-state index contributed by atoms with van der Waals surface area (Å²) >= 11 is 0. The number of nitrogens with zero attached hydrogens (tertiary/aromatic N) is 2. The minimum absolute atomic E-state index is 0.121. The number of sulfonamides is 1. The number of nitrogens with one attached hydrogen (secondary N) is 2. The SMILES string of the molecule is Cc1ccc(S(=O)(=O)NCC2CCCN(C(C)C(=O)Nc3ccccc3C#N)C2)cc1. The number of anilines is 1. The minimum atomic E-state index is -3.56. The Bertz CT molecular complexity index is 1060. The first kappa shape index (κ1) is 22.9. The van der Waals surface area contributed by atoms with Gasteiger partial charge in [0.25, 0.3) is 0 Å². The maximum Gasteiger partial charge on any atom is 0.241 e. The lowest BCUT2D eigenvalue weighted by molar-refractivity contribution is -0.121. The topological polar surface area (TPSA) is 102 Å². The number of rotatable bonds is 7. The second-order valence-corrected chi connectivity index (χ2v) is 9.76. The lowest BCUT2D eigenvalue weighted by atomic mass is 9.97. The van der Waals surface area contributed by atoms with Crippen molar-refractivity contribution in [1.29, 1.82) is 5.26 Å². The van der Waals surface area contributed by atoms with Gasteiger partial charge < -0.3 is 5.32 Å². The van der Waals surface area contributed by atoms with Crippen LogP contribution in [0.3, 0.4) is 0 Å². The van der Waals surface area contributed by atoms with Gasteiger partial charge in [-0.2, -0.15) is 5.26 Å². The third-order valence-electron chi connectivity index (χ3n) is 5.68. The van der Waals surface area contributed by atoms with Crippen LogP contribution in [0.2, 0.25) is 0 Å². The number of benzene rings is 2. The zero-order valence-corrected chi connectivity index (χ0v) is 18.7. The molecule has 2 N–H and O–H groups in total. The summed E-state index contributed by atoms with van der Waals surface area (Å²) in [7, 11) is -3.56. The normalized spacial score (nSPS) is 18.2. The van der Waals surface area contributed by atoms with Gasteiger partial charge in [0.05, 0.1) is 22.2 Å². The van der Waals surface area contributed by atoms with E-state index < -0.39 is 10.0 Å². The summed E-state index contributed by atoms with van der Waals surface area (Å²) in [6, 6.07) is 15.4. The second-order valence-electron chi connectivity index (χ2n) is 7.99. The molecule has 2 aromatic rings. The molecule has 1 aliphatic rings. The van der Waals surface area contributed by atoms with Gasteiger partial charge in [0.2, 0.25) is 15.9 Å². The summed E-state index contributed by atoms with van der Waals surface area (Å²) in [5, 5.41) is 12.0. The highest BCUT2D eigenvalue weighted by atomic mass is 32.2. The number of hydrogen-bond donors (Lipinski definition) is 2. The average Bonchev–Trinajstić information content (AvgIpc) is 2.78. The molecule has 0 aliphatic carbocycles. The molecule has 2 unspecified atom stereocenters. The van der Waals surface area contributed by atoms with Crippen LogP contribution in [0.25, 0.3) is 0 Å². The summed E-state index contributed by atoms with van der Waals surface area (Å²) < 4.78 is 27.8. The van der Waals surface area contributed by atoms with Crippen LogP contribution in [0.15, 0.2) is 53.4 Å². The third-order valence-corrected chi connectivity index (χ3v) is 7.12. The Balaban J connectivity index is 1.57. The van der Waals surface area contributed by atoms with Crippen LogP contribution in [0.1, 0.15) is 30.9 Å². The Labute approximate surface area is 184 Å². The number of carbonyl (C=O) groups excluding carboxylic acids is 1. The number of carbonyl (C=O) groups is 1. The van der Waals surface area contributed by atoms with Crippen LogP contribution in [0.4, 0.5) is 5.69 Å². The van der Waals surface area contributed by atoms with Crippen molar-refractivity contribution >= 4 is 21.6 Å². The van der Waals surface area contributed by atoms with Crippen LogP contribution in [-0.2, 0) is 14.8 Å². The monoisotopic (exact) mass is 440 g/mol. The predicted molar refractivity (Wildman–Crippen MR) is 120 cm³/mol. The Morgan fingerprint density at radius 2 is 1.94 bits per heavy atom. The van der Waals surface area contributed by atoms with Gasteiger partial charge in [0.15, 0.2) is 0 Å². The molecule has 1 fully saturated rings. The van der Waals surface area contributed by atoms with E-state index in [1.54, 1.807) is 48.5 Å². The maximum atomic E-state index is 12.7. The molecule has 0 aromatic heterocycles. The molecule has 7 nitrogen and oxygen atoms in total. The van der Waals surface area contributed by atoms with E-state index in [0.29, 0.717) is 24.3 Å².